The smallest absolute Gasteiger partial charge is 0.265 e. The molecule has 21 heavy (non-hydrogen) atoms. The lowest BCUT2D eigenvalue weighted by atomic mass is 10.1. The molecule has 1 aromatic heterocycles. The summed E-state index contributed by atoms with van der Waals surface area (Å²) in [5.41, 5.74) is 0.361. The number of aryl methyl sites for hydroxylation is 2. The predicted octanol–water partition coefficient (Wildman–Crippen LogP) is 3.39. The number of rotatable bonds is 2. The normalized spacial score (nSPS) is 14.6. The van der Waals surface area contributed by atoms with E-state index in [2.05, 4.69) is 0 Å². The third-order valence-electron chi connectivity index (χ3n) is 3.53. The van der Waals surface area contributed by atoms with Crippen LogP contribution in [0, 0.1) is 25.5 Å². The Kier molecular flexibility index (Phi) is 3.29. The molecule has 3 nitrogen and oxygen atoms in total. The van der Waals surface area contributed by atoms with Gasteiger partial charge < -0.3 is 0 Å². The molecule has 2 heterocycles. The van der Waals surface area contributed by atoms with Crippen LogP contribution in [0.15, 0.2) is 23.1 Å². The van der Waals surface area contributed by atoms with Crippen molar-refractivity contribution in [2.24, 2.45) is 0 Å². The molecule has 0 spiro atoms. The van der Waals surface area contributed by atoms with Gasteiger partial charge in [0.05, 0.1) is 5.69 Å². The van der Waals surface area contributed by atoms with Crippen molar-refractivity contribution in [1.82, 2.24) is 0 Å². The van der Waals surface area contributed by atoms with Crippen LogP contribution in [0.4, 0.5) is 14.5 Å². The van der Waals surface area contributed by atoms with Gasteiger partial charge in [0.25, 0.3) is 10.0 Å². The Morgan fingerprint density at radius 1 is 1.19 bits per heavy atom. The first-order chi connectivity index (χ1) is 9.80. The van der Waals surface area contributed by atoms with E-state index >= 15 is 0 Å². The topological polar surface area (TPSA) is 37.4 Å². The third kappa shape index (κ3) is 2.24. The fourth-order valence-corrected chi connectivity index (χ4v) is 5.64. The summed E-state index contributed by atoms with van der Waals surface area (Å²) in [6.45, 7) is 3.69. The van der Waals surface area contributed by atoms with E-state index in [4.69, 9.17) is 0 Å². The van der Waals surface area contributed by atoms with E-state index in [-0.39, 0.29) is 29.1 Å². The van der Waals surface area contributed by atoms with Crippen LogP contribution >= 0.6 is 11.3 Å². The largest absolute Gasteiger partial charge is 0.265 e. The second kappa shape index (κ2) is 4.78. The molecule has 0 aliphatic carbocycles. The van der Waals surface area contributed by atoms with Crippen molar-refractivity contribution in [3.8, 4) is 0 Å². The van der Waals surface area contributed by atoms with E-state index in [0.29, 0.717) is 4.88 Å². The average molecular weight is 329 g/mol. The summed E-state index contributed by atoms with van der Waals surface area (Å²) in [5, 5.41) is 0. The van der Waals surface area contributed by atoms with E-state index in [1.165, 1.54) is 11.3 Å². The molecular formula is C14H13F2NO2S2. The van der Waals surface area contributed by atoms with Gasteiger partial charge in [-0.15, -0.1) is 11.3 Å². The SMILES string of the molecule is Cc1cc(S(=O)(=O)N2CCc3c(F)cc(F)cc32)c(C)s1. The molecule has 112 valence electrons. The first-order valence-electron chi connectivity index (χ1n) is 6.38. The van der Waals surface area contributed by atoms with Crippen molar-refractivity contribution in [3.05, 3.63) is 45.2 Å². The summed E-state index contributed by atoms with van der Waals surface area (Å²) in [7, 11) is -3.79. The van der Waals surface area contributed by atoms with Gasteiger partial charge in [-0.05, 0) is 32.4 Å². The van der Waals surface area contributed by atoms with Gasteiger partial charge in [0.1, 0.15) is 16.5 Å². The maximum atomic E-state index is 13.7. The van der Waals surface area contributed by atoms with E-state index in [1.807, 2.05) is 6.92 Å². The number of thiophene rings is 1. The van der Waals surface area contributed by atoms with Crippen LogP contribution in [-0.2, 0) is 16.4 Å². The summed E-state index contributed by atoms with van der Waals surface area (Å²) in [4.78, 5) is 1.77. The number of benzene rings is 1. The van der Waals surface area contributed by atoms with Gasteiger partial charge in [-0.25, -0.2) is 17.2 Å². The highest BCUT2D eigenvalue weighted by atomic mass is 32.2. The summed E-state index contributed by atoms with van der Waals surface area (Å²) in [5.74, 6) is -1.47. The second-order valence-corrected chi connectivity index (χ2v) is 8.28. The zero-order valence-corrected chi connectivity index (χ0v) is 13.1. The van der Waals surface area contributed by atoms with Gasteiger partial charge in [-0.3, -0.25) is 4.31 Å². The Hall–Kier alpha value is -1.47. The van der Waals surface area contributed by atoms with Crippen LogP contribution in [-0.4, -0.2) is 15.0 Å². The van der Waals surface area contributed by atoms with Gasteiger partial charge in [0.15, 0.2) is 0 Å². The van der Waals surface area contributed by atoms with Crippen LogP contribution in [0.3, 0.4) is 0 Å². The number of nitrogens with zero attached hydrogens (tertiary/aromatic N) is 1. The van der Waals surface area contributed by atoms with Crippen LogP contribution in [0.2, 0.25) is 0 Å². The second-order valence-electron chi connectivity index (χ2n) is 4.99. The summed E-state index contributed by atoms with van der Waals surface area (Å²) in [6, 6.07) is 3.47. The molecule has 1 aliphatic heterocycles. The minimum absolute atomic E-state index is 0.107. The predicted molar refractivity (Wildman–Crippen MR) is 78.4 cm³/mol. The number of halogens is 2. The molecule has 2 aromatic rings. The van der Waals surface area contributed by atoms with Gasteiger partial charge in [0.2, 0.25) is 0 Å². The molecular weight excluding hydrogens is 316 g/mol. The Bertz CT molecular complexity index is 828. The molecule has 1 aliphatic rings. The Balaban J connectivity index is 2.14. The number of anilines is 1. The highest BCUT2D eigenvalue weighted by Gasteiger charge is 2.34. The van der Waals surface area contributed by atoms with Crippen LogP contribution in [0.5, 0.6) is 0 Å². The fraction of sp³-hybridized carbons (Fsp3) is 0.286. The van der Waals surface area contributed by atoms with Crippen LogP contribution in [0.25, 0.3) is 0 Å². The Labute approximate surface area is 125 Å². The maximum absolute atomic E-state index is 13.7. The first kappa shape index (κ1) is 14.5. The van der Waals surface area contributed by atoms with Crippen molar-refractivity contribution in [1.29, 1.82) is 0 Å². The van der Waals surface area contributed by atoms with Crippen LogP contribution in [0.1, 0.15) is 15.3 Å². The molecule has 0 saturated carbocycles. The zero-order chi connectivity index (χ0) is 15.4. The van der Waals surface area contributed by atoms with E-state index in [0.717, 1.165) is 21.3 Å². The molecule has 0 N–H and O–H groups in total. The van der Waals surface area contributed by atoms with Crippen molar-refractivity contribution in [2.45, 2.75) is 25.2 Å². The molecule has 0 amide bonds. The molecule has 3 rings (SSSR count). The number of fused-ring (bicyclic) bond motifs is 1. The molecule has 0 atom stereocenters. The summed E-state index contributed by atoms with van der Waals surface area (Å²) >= 11 is 1.39. The minimum atomic E-state index is -3.79. The fourth-order valence-electron chi connectivity index (χ4n) is 2.63. The Morgan fingerprint density at radius 2 is 1.90 bits per heavy atom. The van der Waals surface area contributed by atoms with E-state index in [9.17, 15) is 17.2 Å². The average Bonchev–Trinajstić information content (AvgIpc) is 2.93. The van der Waals surface area contributed by atoms with E-state index < -0.39 is 21.7 Å². The molecule has 1 aromatic carbocycles. The lowest BCUT2D eigenvalue weighted by molar-refractivity contribution is 0.577. The lowest BCUT2D eigenvalue weighted by Gasteiger charge is -2.19. The van der Waals surface area contributed by atoms with Crippen molar-refractivity contribution in [2.75, 3.05) is 10.8 Å². The van der Waals surface area contributed by atoms with Crippen molar-refractivity contribution in [3.63, 3.8) is 0 Å². The summed E-state index contributed by atoms with van der Waals surface area (Å²) in [6.07, 6.45) is 0.253. The molecule has 0 bridgehead atoms. The third-order valence-corrected chi connectivity index (χ3v) is 6.57. The number of hydrogen-bond donors (Lipinski definition) is 0. The quantitative estimate of drug-likeness (QED) is 0.847. The highest BCUT2D eigenvalue weighted by Crippen LogP contribution is 2.37. The molecule has 0 fully saturated rings. The minimum Gasteiger partial charge on any atom is -0.265 e. The monoisotopic (exact) mass is 329 g/mol. The van der Waals surface area contributed by atoms with Gasteiger partial charge in [-0.2, -0.15) is 0 Å². The lowest BCUT2D eigenvalue weighted by Crippen LogP contribution is -2.29. The van der Waals surface area contributed by atoms with Gasteiger partial charge in [-0.1, -0.05) is 0 Å². The van der Waals surface area contributed by atoms with Crippen molar-refractivity contribution >= 4 is 27.0 Å². The van der Waals surface area contributed by atoms with Crippen molar-refractivity contribution < 1.29 is 17.2 Å². The number of hydrogen-bond acceptors (Lipinski definition) is 3. The summed E-state index contributed by atoms with van der Waals surface area (Å²) < 4.78 is 53.7. The van der Waals surface area contributed by atoms with Gasteiger partial charge in [0, 0.05) is 27.9 Å². The Morgan fingerprint density at radius 3 is 2.52 bits per heavy atom. The molecule has 0 radical (unpaired) electrons. The standard InChI is InChI=1S/C14H13F2NO2S2/c1-8-5-14(9(2)20-8)21(18,19)17-4-3-11-12(16)6-10(15)7-13(11)17/h5-7H,3-4H2,1-2H3. The zero-order valence-electron chi connectivity index (χ0n) is 11.5. The van der Waals surface area contributed by atoms with E-state index in [1.54, 1.807) is 13.0 Å². The van der Waals surface area contributed by atoms with Gasteiger partial charge >= 0.3 is 0 Å². The molecule has 0 unspecified atom stereocenters. The number of sulfonamides is 1. The molecule has 0 saturated heterocycles. The van der Waals surface area contributed by atoms with Crippen LogP contribution < -0.4 is 4.31 Å². The molecule has 7 heteroatoms. The highest BCUT2D eigenvalue weighted by molar-refractivity contribution is 7.93. The first-order valence-corrected chi connectivity index (χ1v) is 8.64. The maximum Gasteiger partial charge on any atom is 0.265 e.